The summed E-state index contributed by atoms with van der Waals surface area (Å²) in [5.74, 6) is 1.88. The lowest BCUT2D eigenvalue weighted by Gasteiger charge is -2.27. The third kappa shape index (κ3) is 2.90. The number of nitrogens with one attached hydrogen (secondary N) is 1. The van der Waals surface area contributed by atoms with Crippen molar-refractivity contribution in [3.05, 3.63) is 36.5 Å². The predicted molar refractivity (Wildman–Crippen MR) is 103 cm³/mol. The molecule has 1 aromatic carbocycles. The molecule has 1 aliphatic heterocycles. The van der Waals surface area contributed by atoms with Gasteiger partial charge in [0.2, 0.25) is 0 Å². The van der Waals surface area contributed by atoms with Crippen molar-refractivity contribution in [2.75, 3.05) is 31.2 Å². The molecule has 6 nitrogen and oxygen atoms in total. The number of aromatic nitrogens is 3. The van der Waals surface area contributed by atoms with Crippen molar-refractivity contribution in [3.8, 4) is 17.0 Å². The molecule has 0 bridgehead atoms. The lowest BCUT2D eigenvalue weighted by atomic mass is 10.1. The Hall–Kier alpha value is -2.60. The summed E-state index contributed by atoms with van der Waals surface area (Å²) in [6.45, 7) is 5.39. The molecule has 2 aliphatic rings. The first-order valence-electron chi connectivity index (χ1n) is 9.17. The highest BCUT2D eigenvalue weighted by Crippen LogP contribution is 2.40. The van der Waals surface area contributed by atoms with Crippen molar-refractivity contribution in [3.63, 3.8) is 0 Å². The largest absolute Gasteiger partial charge is 0.488 e. The van der Waals surface area contributed by atoms with E-state index >= 15 is 0 Å². The van der Waals surface area contributed by atoms with Gasteiger partial charge in [0.1, 0.15) is 22.9 Å². The smallest absolute Gasteiger partial charge is 0.129 e. The zero-order chi connectivity index (χ0) is 17.6. The minimum atomic E-state index is 0. The molecular weight excluding hydrogens is 328 g/mol. The fourth-order valence-corrected chi connectivity index (χ4v) is 3.37. The van der Waals surface area contributed by atoms with Gasteiger partial charge in [0.15, 0.2) is 0 Å². The molecule has 2 fully saturated rings. The molecule has 5 rings (SSSR count). The molecule has 0 unspecified atom stereocenters. The fourth-order valence-electron chi connectivity index (χ4n) is 3.37. The molecule has 0 radical (unpaired) electrons. The first-order chi connectivity index (χ1) is 12.7. The molecule has 6 heteroatoms. The number of benzene rings is 1. The van der Waals surface area contributed by atoms with Crippen LogP contribution in [0.25, 0.3) is 22.2 Å². The topological polar surface area (TPSA) is 63.3 Å². The van der Waals surface area contributed by atoms with Crippen LogP contribution in [0.5, 0.6) is 5.75 Å². The molecule has 1 saturated carbocycles. The van der Waals surface area contributed by atoms with E-state index in [2.05, 4.69) is 39.1 Å². The maximum absolute atomic E-state index is 6.12. The van der Waals surface area contributed by atoms with Crippen LogP contribution < -0.4 is 9.64 Å². The van der Waals surface area contributed by atoms with E-state index in [1.807, 2.05) is 24.4 Å². The maximum Gasteiger partial charge on any atom is 0.129 e. The van der Waals surface area contributed by atoms with Crippen molar-refractivity contribution >= 4 is 16.7 Å². The number of rotatable bonds is 4. The van der Waals surface area contributed by atoms with Gasteiger partial charge < -0.3 is 14.4 Å². The van der Waals surface area contributed by atoms with Crippen LogP contribution in [0.2, 0.25) is 0 Å². The fraction of sp³-hybridized carbons (Fsp3) is 0.400. The van der Waals surface area contributed by atoms with Gasteiger partial charge in [-0.2, -0.15) is 5.10 Å². The van der Waals surface area contributed by atoms with Gasteiger partial charge in [-0.05, 0) is 50.1 Å². The van der Waals surface area contributed by atoms with Gasteiger partial charge in [0.05, 0.1) is 18.7 Å². The molecule has 1 aliphatic carbocycles. The highest BCUT2D eigenvalue weighted by Gasteiger charge is 2.40. The van der Waals surface area contributed by atoms with Gasteiger partial charge in [-0.15, -0.1) is 0 Å². The van der Waals surface area contributed by atoms with Gasteiger partial charge in [0, 0.05) is 31.7 Å². The Morgan fingerprint density at radius 3 is 2.85 bits per heavy atom. The minimum Gasteiger partial charge on any atom is -0.488 e. The van der Waals surface area contributed by atoms with Gasteiger partial charge in [0.25, 0.3) is 0 Å². The second kappa shape index (κ2) is 5.99. The van der Waals surface area contributed by atoms with E-state index in [9.17, 15) is 0 Å². The van der Waals surface area contributed by atoms with Crippen molar-refractivity contribution in [1.82, 2.24) is 15.2 Å². The Bertz CT molecular complexity index is 948. The summed E-state index contributed by atoms with van der Waals surface area (Å²) in [7, 11) is 0. The number of aromatic amines is 1. The standard InChI is InChI=1S/C20H22N4O2.H2/c1-20(5-6-20)26-15-2-3-17-16(13-15)19(23-22-17)14-4-7-21-18(12-14)24-8-10-25-11-9-24;/h2-4,7,12-13H,5-6,8-11H2,1H3,(H,22,23);1H. The number of anilines is 1. The second-order valence-electron chi connectivity index (χ2n) is 7.33. The molecule has 26 heavy (non-hydrogen) atoms. The summed E-state index contributed by atoms with van der Waals surface area (Å²) in [6.07, 6.45) is 4.10. The van der Waals surface area contributed by atoms with Gasteiger partial charge in [-0.25, -0.2) is 4.98 Å². The van der Waals surface area contributed by atoms with Crippen LogP contribution in [-0.4, -0.2) is 47.1 Å². The molecule has 0 spiro atoms. The average Bonchev–Trinajstić information content (AvgIpc) is 3.25. The molecule has 2 aromatic heterocycles. The number of hydrogen-bond acceptors (Lipinski definition) is 5. The molecule has 0 amide bonds. The Morgan fingerprint density at radius 2 is 2.04 bits per heavy atom. The number of hydrogen-bond donors (Lipinski definition) is 1. The quantitative estimate of drug-likeness (QED) is 0.777. The van der Waals surface area contributed by atoms with Gasteiger partial charge in [-0.3, -0.25) is 5.10 Å². The van der Waals surface area contributed by atoms with Crippen molar-refractivity contribution < 1.29 is 10.9 Å². The van der Waals surface area contributed by atoms with E-state index in [-0.39, 0.29) is 7.03 Å². The van der Waals surface area contributed by atoms with E-state index in [4.69, 9.17) is 9.47 Å². The highest BCUT2D eigenvalue weighted by molar-refractivity contribution is 5.94. The molecular formula is C20H24N4O2. The minimum absolute atomic E-state index is 0. The Kier molecular flexibility index (Phi) is 3.60. The molecule has 1 N–H and O–H groups in total. The molecule has 3 heterocycles. The zero-order valence-corrected chi connectivity index (χ0v) is 14.9. The molecule has 3 aromatic rings. The monoisotopic (exact) mass is 352 g/mol. The summed E-state index contributed by atoms with van der Waals surface area (Å²) >= 11 is 0. The SMILES string of the molecule is CC1(Oc2ccc3[nH]nc(-c4ccnc(N5CCOCC5)c4)c3c2)CC1.[HH]. The maximum atomic E-state index is 6.12. The molecule has 0 atom stereocenters. The summed E-state index contributed by atoms with van der Waals surface area (Å²) in [5, 5.41) is 8.76. The van der Waals surface area contributed by atoms with E-state index in [1.165, 1.54) is 0 Å². The normalized spacial score (nSPS) is 18.9. The van der Waals surface area contributed by atoms with E-state index in [1.54, 1.807) is 0 Å². The number of H-pyrrole nitrogens is 1. The third-order valence-electron chi connectivity index (χ3n) is 5.21. The number of nitrogens with zero attached hydrogens (tertiary/aromatic N) is 3. The van der Waals surface area contributed by atoms with E-state index in [0.717, 1.165) is 72.9 Å². The first-order valence-corrected chi connectivity index (χ1v) is 9.17. The molecule has 1 saturated heterocycles. The summed E-state index contributed by atoms with van der Waals surface area (Å²) in [4.78, 5) is 6.79. The van der Waals surface area contributed by atoms with Crippen LogP contribution in [0.3, 0.4) is 0 Å². The summed E-state index contributed by atoms with van der Waals surface area (Å²) in [5.41, 5.74) is 3.02. The lowest BCUT2D eigenvalue weighted by Crippen LogP contribution is -2.36. The van der Waals surface area contributed by atoms with Crippen LogP contribution in [0.1, 0.15) is 21.2 Å². The Morgan fingerprint density at radius 1 is 1.19 bits per heavy atom. The third-order valence-corrected chi connectivity index (χ3v) is 5.21. The van der Waals surface area contributed by atoms with Crippen molar-refractivity contribution in [1.29, 1.82) is 0 Å². The Labute approximate surface area is 153 Å². The van der Waals surface area contributed by atoms with Crippen LogP contribution in [0, 0.1) is 0 Å². The summed E-state index contributed by atoms with van der Waals surface area (Å²) in [6, 6.07) is 10.3. The number of fused-ring (bicyclic) bond motifs is 1. The molecule has 136 valence electrons. The van der Waals surface area contributed by atoms with Crippen molar-refractivity contribution in [2.45, 2.75) is 25.4 Å². The van der Waals surface area contributed by atoms with Crippen LogP contribution in [-0.2, 0) is 4.74 Å². The summed E-state index contributed by atoms with van der Waals surface area (Å²) < 4.78 is 11.6. The van der Waals surface area contributed by atoms with Crippen LogP contribution in [0.15, 0.2) is 36.5 Å². The van der Waals surface area contributed by atoms with Gasteiger partial charge >= 0.3 is 0 Å². The predicted octanol–water partition coefficient (Wildman–Crippen LogP) is 3.64. The van der Waals surface area contributed by atoms with Crippen LogP contribution >= 0.6 is 0 Å². The second-order valence-corrected chi connectivity index (χ2v) is 7.33. The van der Waals surface area contributed by atoms with E-state index < -0.39 is 0 Å². The van der Waals surface area contributed by atoms with Crippen LogP contribution in [0.4, 0.5) is 5.82 Å². The Balaban J connectivity index is 0.00000180. The number of pyridine rings is 1. The lowest BCUT2D eigenvalue weighted by molar-refractivity contribution is 0.122. The highest BCUT2D eigenvalue weighted by atomic mass is 16.5. The number of ether oxygens (including phenoxy) is 2. The first kappa shape index (κ1) is 15.6. The number of morpholine rings is 1. The van der Waals surface area contributed by atoms with Gasteiger partial charge in [-0.1, -0.05) is 0 Å². The zero-order valence-electron chi connectivity index (χ0n) is 14.9. The van der Waals surface area contributed by atoms with Crippen molar-refractivity contribution in [2.24, 2.45) is 0 Å². The average molecular weight is 352 g/mol. The van der Waals surface area contributed by atoms with E-state index in [0.29, 0.717) is 0 Å².